The first-order chi connectivity index (χ1) is 15.7. The molecule has 0 spiro atoms. The van der Waals surface area contributed by atoms with Crippen molar-refractivity contribution in [2.75, 3.05) is 19.6 Å². The molecule has 0 atom stereocenters. The fourth-order valence-electron chi connectivity index (χ4n) is 4.30. The van der Waals surface area contributed by atoms with E-state index in [4.69, 9.17) is 4.99 Å². The van der Waals surface area contributed by atoms with E-state index in [9.17, 15) is 8.78 Å². The van der Waals surface area contributed by atoms with E-state index in [0.717, 1.165) is 56.0 Å². The highest BCUT2D eigenvalue weighted by molar-refractivity contribution is 5.79. The van der Waals surface area contributed by atoms with Crippen molar-refractivity contribution in [3.05, 3.63) is 71.3 Å². The van der Waals surface area contributed by atoms with Gasteiger partial charge in [-0.25, -0.2) is 8.78 Å². The van der Waals surface area contributed by atoms with Crippen LogP contribution in [0.5, 0.6) is 0 Å². The van der Waals surface area contributed by atoms with Gasteiger partial charge in [-0.05, 0) is 61.1 Å². The molecule has 1 aliphatic rings. The number of hydrogen-bond donors (Lipinski definition) is 2. The SMILES string of the molecule is Fc1ccc(C(CCCNC2=NCCCCCCCCCCN2)c2ccc(F)cc2)cc1. The van der Waals surface area contributed by atoms with Crippen LogP contribution in [0, 0.1) is 11.6 Å². The fourth-order valence-corrected chi connectivity index (χ4v) is 4.30. The molecule has 3 nitrogen and oxygen atoms in total. The summed E-state index contributed by atoms with van der Waals surface area (Å²) in [5.41, 5.74) is 2.10. The number of nitrogens with zero attached hydrogens (tertiary/aromatic N) is 1. The highest BCUT2D eigenvalue weighted by Gasteiger charge is 2.14. The largest absolute Gasteiger partial charge is 0.356 e. The van der Waals surface area contributed by atoms with Gasteiger partial charge in [-0.2, -0.15) is 0 Å². The van der Waals surface area contributed by atoms with Gasteiger partial charge in [0.05, 0.1) is 0 Å². The van der Waals surface area contributed by atoms with E-state index < -0.39 is 0 Å². The van der Waals surface area contributed by atoms with Crippen LogP contribution in [-0.2, 0) is 0 Å². The maximum atomic E-state index is 13.4. The zero-order valence-corrected chi connectivity index (χ0v) is 19.1. The lowest BCUT2D eigenvalue weighted by atomic mass is 9.87. The van der Waals surface area contributed by atoms with Crippen LogP contribution in [0.1, 0.15) is 81.3 Å². The molecule has 1 aliphatic heterocycles. The molecule has 0 fully saturated rings. The fraction of sp³-hybridized carbons (Fsp3) is 0.519. The molecule has 0 aromatic heterocycles. The molecule has 0 saturated carbocycles. The minimum absolute atomic E-state index is 0.105. The third-order valence-corrected chi connectivity index (χ3v) is 6.15. The Morgan fingerprint density at radius 2 is 1.28 bits per heavy atom. The van der Waals surface area contributed by atoms with Crippen LogP contribution in [0.15, 0.2) is 53.5 Å². The van der Waals surface area contributed by atoms with Gasteiger partial charge in [0.1, 0.15) is 11.6 Å². The number of rotatable bonds is 6. The van der Waals surface area contributed by atoms with Crippen molar-refractivity contribution >= 4 is 5.96 Å². The van der Waals surface area contributed by atoms with Gasteiger partial charge in [-0.1, -0.05) is 62.8 Å². The van der Waals surface area contributed by atoms with Crippen LogP contribution in [0.3, 0.4) is 0 Å². The first-order valence-electron chi connectivity index (χ1n) is 12.3. The van der Waals surface area contributed by atoms with Gasteiger partial charge in [0.15, 0.2) is 5.96 Å². The van der Waals surface area contributed by atoms with Crippen molar-refractivity contribution in [2.45, 2.75) is 70.1 Å². The molecule has 0 unspecified atom stereocenters. The molecule has 0 amide bonds. The van der Waals surface area contributed by atoms with E-state index >= 15 is 0 Å². The van der Waals surface area contributed by atoms with E-state index in [1.54, 1.807) is 0 Å². The Labute approximate surface area is 191 Å². The van der Waals surface area contributed by atoms with E-state index in [0.29, 0.717) is 0 Å². The first kappa shape index (κ1) is 24.2. The van der Waals surface area contributed by atoms with E-state index in [2.05, 4.69) is 10.6 Å². The van der Waals surface area contributed by atoms with E-state index in [1.165, 1.54) is 69.2 Å². The highest BCUT2D eigenvalue weighted by Crippen LogP contribution is 2.29. The second kappa shape index (κ2) is 13.9. The summed E-state index contributed by atoms with van der Waals surface area (Å²) in [6, 6.07) is 13.3. The summed E-state index contributed by atoms with van der Waals surface area (Å²) < 4.78 is 26.8. The Hall–Kier alpha value is -2.43. The standard InChI is InChI=1S/C27H37F2N3/c28-24-15-11-22(12-16-24)26(23-13-17-25(29)18-14-23)10-9-21-32-27-30-19-7-5-3-1-2-4-6-8-20-31-27/h11-18,26H,1-10,19-21H2,(H2,30,31,32). The summed E-state index contributed by atoms with van der Waals surface area (Å²) in [5, 5.41) is 6.96. The van der Waals surface area contributed by atoms with Crippen molar-refractivity contribution < 1.29 is 8.78 Å². The Morgan fingerprint density at radius 1 is 0.750 bits per heavy atom. The summed E-state index contributed by atoms with van der Waals surface area (Å²) in [5.74, 6) is 0.531. The molecule has 0 bridgehead atoms. The minimum Gasteiger partial charge on any atom is -0.356 e. The first-order valence-corrected chi connectivity index (χ1v) is 12.3. The molecule has 2 aromatic rings. The molecule has 5 heteroatoms. The van der Waals surface area contributed by atoms with Gasteiger partial charge >= 0.3 is 0 Å². The Kier molecular flexibility index (Phi) is 10.5. The third kappa shape index (κ3) is 8.60. The number of benzene rings is 2. The lowest BCUT2D eigenvalue weighted by Crippen LogP contribution is -2.38. The summed E-state index contributed by atoms with van der Waals surface area (Å²) in [6.07, 6.45) is 12.0. The number of nitrogens with one attached hydrogen (secondary N) is 2. The summed E-state index contributed by atoms with van der Waals surface area (Å²) >= 11 is 0. The van der Waals surface area contributed by atoms with Crippen LogP contribution in [-0.4, -0.2) is 25.6 Å². The number of aliphatic imine (C=N–C) groups is 1. The van der Waals surface area contributed by atoms with Gasteiger partial charge in [0, 0.05) is 25.6 Å². The second-order valence-corrected chi connectivity index (χ2v) is 8.71. The molecule has 0 aliphatic carbocycles. The summed E-state index contributed by atoms with van der Waals surface area (Å²) in [4.78, 5) is 4.75. The minimum atomic E-state index is -0.240. The maximum Gasteiger partial charge on any atom is 0.191 e. The van der Waals surface area contributed by atoms with Crippen LogP contribution in [0.2, 0.25) is 0 Å². The van der Waals surface area contributed by atoms with Crippen molar-refractivity contribution in [3.63, 3.8) is 0 Å². The van der Waals surface area contributed by atoms with Crippen molar-refractivity contribution in [1.82, 2.24) is 10.6 Å². The zero-order valence-electron chi connectivity index (χ0n) is 19.1. The van der Waals surface area contributed by atoms with Crippen molar-refractivity contribution in [1.29, 1.82) is 0 Å². The highest BCUT2D eigenvalue weighted by atomic mass is 19.1. The molecule has 32 heavy (non-hydrogen) atoms. The predicted octanol–water partition coefficient (Wildman–Crippen LogP) is 6.55. The van der Waals surface area contributed by atoms with Crippen LogP contribution in [0.25, 0.3) is 0 Å². The Bertz CT molecular complexity index is 757. The quantitative estimate of drug-likeness (QED) is 0.499. The molecule has 0 saturated heterocycles. The normalized spacial score (nSPS) is 16.3. The van der Waals surface area contributed by atoms with E-state index in [-0.39, 0.29) is 17.6 Å². The molecule has 1 heterocycles. The molecular weight excluding hydrogens is 404 g/mol. The van der Waals surface area contributed by atoms with E-state index in [1.807, 2.05) is 24.3 Å². The lowest BCUT2D eigenvalue weighted by Gasteiger charge is -2.19. The van der Waals surface area contributed by atoms with Crippen LogP contribution < -0.4 is 10.6 Å². The predicted molar refractivity (Wildman–Crippen MR) is 129 cm³/mol. The second-order valence-electron chi connectivity index (χ2n) is 8.71. The lowest BCUT2D eigenvalue weighted by molar-refractivity contribution is 0.571. The van der Waals surface area contributed by atoms with Crippen molar-refractivity contribution in [2.24, 2.45) is 4.99 Å². The summed E-state index contributed by atoms with van der Waals surface area (Å²) in [6.45, 7) is 2.63. The van der Waals surface area contributed by atoms with Gasteiger partial charge in [0.25, 0.3) is 0 Å². The van der Waals surface area contributed by atoms with Crippen LogP contribution >= 0.6 is 0 Å². The van der Waals surface area contributed by atoms with Crippen LogP contribution in [0.4, 0.5) is 8.78 Å². The number of hydrogen-bond acceptors (Lipinski definition) is 3. The van der Waals surface area contributed by atoms with Gasteiger partial charge in [0.2, 0.25) is 0 Å². The van der Waals surface area contributed by atoms with Gasteiger partial charge in [-0.3, -0.25) is 4.99 Å². The number of halogens is 2. The molecule has 2 aromatic carbocycles. The van der Waals surface area contributed by atoms with Crippen molar-refractivity contribution in [3.8, 4) is 0 Å². The molecule has 2 N–H and O–H groups in total. The average Bonchev–Trinajstić information content (AvgIpc) is 2.83. The summed E-state index contributed by atoms with van der Waals surface area (Å²) in [7, 11) is 0. The van der Waals surface area contributed by atoms with Gasteiger partial charge in [-0.15, -0.1) is 0 Å². The molecule has 0 radical (unpaired) electrons. The Morgan fingerprint density at radius 3 is 1.88 bits per heavy atom. The molecule has 3 rings (SSSR count). The molecular formula is C27H37F2N3. The topological polar surface area (TPSA) is 36.4 Å². The van der Waals surface area contributed by atoms with Gasteiger partial charge < -0.3 is 10.6 Å². The smallest absolute Gasteiger partial charge is 0.191 e. The third-order valence-electron chi connectivity index (χ3n) is 6.15. The zero-order chi connectivity index (χ0) is 22.4. The monoisotopic (exact) mass is 441 g/mol. The maximum absolute atomic E-state index is 13.4. The molecule has 174 valence electrons. The Balaban J connectivity index is 1.55. The average molecular weight is 442 g/mol. The number of guanidine groups is 1.